The lowest BCUT2D eigenvalue weighted by Gasteiger charge is -2.32. The molecule has 2 N–H and O–H groups in total. The molecule has 0 aliphatic carbocycles. The lowest BCUT2D eigenvalue weighted by Crippen LogP contribution is -2.41. The van der Waals surface area contributed by atoms with Crippen molar-refractivity contribution in [3.05, 3.63) is 65.9 Å². The molecular weight excluding hydrogens is 378 g/mol. The van der Waals surface area contributed by atoms with E-state index in [1.165, 1.54) is 0 Å². The molecule has 2 heterocycles. The summed E-state index contributed by atoms with van der Waals surface area (Å²) in [5.41, 5.74) is 8.60. The number of anilines is 1. The van der Waals surface area contributed by atoms with Gasteiger partial charge < -0.3 is 15.4 Å². The first-order chi connectivity index (χ1) is 14.7. The number of fused-ring (bicyclic) bond motifs is 1. The standard InChI is InChI=1S/C23H23N5O2/c24-14-18(23(29)30-15-16-6-2-1-3-7-16)21-22(28-12-10-17(25)11-13-28)27-20-9-5-4-8-19(20)26-21/h1-9,17-18H,10-13,15,25H2. The number of carbonyl (C=O) groups excluding carboxylic acids is 1. The van der Waals surface area contributed by atoms with E-state index in [9.17, 15) is 10.1 Å². The van der Waals surface area contributed by atoms with Gasteiger partial charge in [0, 0.05) is 19.1 Å². The van der Waals surface area contributed by atoms with Crippen molar-refractivity contribution in [2.75, 3.05) is 18.0 Å². The van der Waals surface area contributed by atoms with Gasteiger partial charge in [-0.05, 0) is 30.5 Å². The van der Waals surface area contributed by atoms with Gasteiger partial charge in [0.25, 0.3) is 0 Å². The summed E-state index contributed by atoms with van der Waals surface area (Å²) in [5, 5.41) is 9.83. The lowest BCUT2D eigenvalue weighted by molar-refractivity contribution is -0.145. The molecule has 4 rings (SSSR count). The molecule has 0 radical (unpaired) electrons. The van der Waals surface area contributed by atoms with Gasteiger partial charge in [-0.2, -0.15) is 5.26 Å². The van der Waals surface area contributed by atoms with E-state index in [4.69, 9.17) is 15.5 Å². The van der Waals surface area contributed by atoms with E-state index < -0.39 is 11.9 Å². The average molecular weight is 401 g/mol. The number of rotatable bonds is 5. The van der Waals surface area contributed by atoms with Crippen LogP contribution in [-0.4, -0.2) is 35.1 Å². The van der Waals surface area contributed by atoms with E-state index in [0.717, 1.165) is 23.9 Å². The molecule has 0 amide bonds. The third-order valence-electron chi connectivity index (χ3n) is 5.28. The number of benzene rings is 2. The summed E-state index contributed by atoms with van der Waals surface area (Å²) < 4.78 is 5.44. The smallest absolute Gasteiger partial charge is 0.330 e. The molecule has 7 nitrogen and oxygen atoms in total. The number of hydrogen-bond acceptors (Lipinski definition) is 7. The zero-order valence-electron chi connectivity index (χ0n) is 16.6. The van der Waals surface area contributed by atoms with Crippen molar-refractivity contribution in [3.63, 3.8) is 0 Å². The van der Waals surface area contributed by atoms with Gasteiger partial charge in [0.05, 0.1) is 17.1 Å². The zero-order valence-corrected chi connectivity index (χ0v) is 16.6. The molecule has 0 spiro atoms. The van der Waals surface area contributed by atoms with Crippen molar-refractivity contribution in [1.82, 2.24) is 9.97 Å². The van der Waals surface area contributed by atoms with Crippen molar-refractivity contribution in [2.45, 2.75) is 31.4 Å². The van der Waals surface area contributed by atoms with Crippen LogP contribution in [0, 0.1) is 11.3 Å². The van der Waals surface area contributed by atoms with Crippen molar-refractivity contribution in [2.24, 2.45) is 5.73 Å². The van der Waals surface area contributed by atoms with Crippen LogP contribution in [0.25, 0.3) is 11.0 Å². The Kier molecular flexibility index (Phi) is 5.87. The molecule has 1 aliphatic heterocycles. The van der Waals surface area contributed by atoms with E-state index in [1.807, 2.05) is 54.6 Å². The van der Waals surface area contributed by atoms with E-state index in [-0.39, 0.29) is 12.6 Å². The van der Waals surface area contributed by atoms with Crippen LogP contribution in [0.3, 0.4) is 0 Å². The summed E-state index contributed by atoms with van der Waals surface area (Å²) in [7, 11) is 0. The normalized spacial score (nSPS) is 15.5. The summed E-state index contributed by atoms with van der Waals surface area (Å²) in [6.45, 7) is 1.52. The number of piperidine rings is 1. The van der Waals surface area contributed by atoms with Gasteiger partial charge >= 0.3 is 5.97 Å². The fourth-order valence-electron chi connectivity index (χ4n) is 3.58. The Labute approximate surface area is 175 Å². The first-order valence-electron chi connectivity index (χ1n) is 10.0. The van der Waals surface area contributed by atoms with Crippen molar-refractivity contribution in [1.29, 1.82) is 5.26 Å². The Morgan fingerprint density at radius 3 is 2.40 bits per heavy atom. The summed E-state index contributed by atoms with van der Waals surface area (Å²) in [5.74, 6) is -1.22. The van der Waals surface area contributed by atoms with Gasteiger partial charge in [0.15, 0.2) is 11.7 Å². The van der Waals surface area contributed by atoms with E-state index in [1.54, 1.807) is 0 Å². The Bertz CT molecular complexity index is 1070. The fraction of sp³-hybridized carbons (Fsp3) is 0.304. The Hall–Kier alpha value is -3.50. The molecule has 1 fully saturated rings. The average Bonchev–Trinajstić information content (AvgIpc) is 2.79. The molecule has 1 aliphatic rings. The lowest BCUT2D eigenvalue weighted by atomic mass is 10.0. The van der Waals surface area contributed by atoms with Crippen LogP contribution >= 0.6 is 0 Å². The molecule has 1 unspecified atom stereocenters. The molecule has 30 heavy (non-hydrogen) atoms. The summed E-state index contributed by atoms with van der Waals surface area (Å²) in [4.78, 5) is 24.3. The number of esters is 1. The Balaban J connectivity index is 1.66. The highest BCUT2D eigenvalue weighted by Gasteiger charge is 2.31. The van der Waals surface area contributed by atoms with E-state index in [0.29, 0.717) is 30.1 Å². The van der Waals surface area contributed by atoms with Crippen LogP contribution in [0.5, 0.6) is 0 Å². The minimum atomic E-state index is -1.16. The van der Waals surface area contributed by atoms with Gasteiger partial charge in [-0.25, -0.2) is 9.97 Å². The quantitative estimate of drug-likeness (QED) is 0.655. The molecule has 1 atom stereocenters. The van der Waals surface area contributed by atoms with Crippen LogP contribution in [0.1, 0.15) is 30.0 Å². The van der Waals surface area contributed by atoms with Gasteiger partial charge in [-0.1, -0.05) is 42.5 Å². The van der Waals surface area contributed by atoms with Crippen LogP contribution in [-0.2, 0) is 16.1 Å². The number of hydrogen-bond donors (Lipinski definition) is 1. The van der Waals surface area contributed by atoms with Crippen LogP contribution in [0.15, 0.2) is 54.6 Å². The molecular formula is C23H23N5O2. The largest absolute Gasteiger partial charge is 0.460 e. The second-order valence-corrected chi connectivity index (χ2v) is 7.40. The predicted octanol–water partition coefficient (Wildman–Crippen LogP) is 2.91. The first kappa shape index (κ1) is 19.8. The second-order valence-electron chi connectivity index (χ2n) is 7.40. The SMILES string of the molecule is N#CC(C(=O)OCc1ccccc1)c1nc2ccccc2nc1N1CCC(N)CC1. The van der Waals surface area contributed by atoms with Gasteiger partial charge in [0.1, 0.15) is 12.3 Å². The molecule has 1 saturated heterocycles. The number of aromatic nitrogens is 2. The first-order valence-corrected chi connectivity index (χ1v) is 10.0. The topological polar surface area (TPSA) is 105 Å². The highest BCUT2D eigenvalue weighted by Crippen LogP contribution is 2.29. The predicted molar refractivity (Wildman–Crippen MR) is 114 cm³/mol. The maximum Gasteiger partial charge on any atom is 0.330 e. The Morgan fingerprint density at radius 2 is 1.73 bits per heavy atom. The number of ether oxygens (including phenoxy) is 1. The number of carbonyl (C=O) groups is 1. The monoisotopic (exact) mass is 401 g/mol. The molecule has 152 valence electrons. The van der Waals surface area contributed by atoms with Crippen LogP contribution in [0.2, 0.25) is 0 Å². The number of para-hydroxylation sites is 2. The molecule has 3 aromatic rings. The van der Waals surface area contributed by atoms with Crippen LogP contribution < -0.4 is 10.6 Å². The summed E-state index contributed by atoms with van der Waals surface area (Å²) >= 11 is 0. The molecule has 0 bridgehead atoms. The second kappa shape index (κ2) is 8.89. The van der Waals surface area contributed by atoms with Gasteiger partial charge in [0.2, 0.25) is 0 Å². The molecule has 2 aromatic carbocycles. The van der Waals surface area contributed by atoms with Gasteiger partial charge in [-0.15, -0.1) is 0 Å². The number of nitrogens with two attached hydrogens (primary N) is 1. The Morgan fingerprint density at radius 1 is 1.10 bits per heavy atom. The number of nitriles is 1. The summed E-state index contributed by atoms with van der Waals surface area (Å²) in [6, 6.07) is 19.1. The minimum absolute atomic E-state index is 0.104. The molecule has 7 heteroatoms. The van der Waals surface area contributed by atoms with Crippen LogP contribution in [0.4, 0.5) is 5.82 Å². The maximum absolute atomic E-state index is 12.8. The van der Waals surface area contributed by atoms with Crippen molar-refractivity contribution in [3.8, 4) is 6.07 Å². The third-order valence-corrected chi connectivity index (χ3v) is 5.28. The molecule has 1 aromatic heterocycles. The number of nitrogens with zero attached hydrogens (tertiary/aromatic N) is 4. The van der Waals surface area contributed by atoms with E-state index in [2.05, 4.69) is 16.0 Å². The van der Waals surface area contributed by atoms with Crippen molar-refractivity contribution < 1.29 is 9.53 Å². The fourth-order valence-corrected chi connectivity index (χ4v) is 3.58. The van der Waals surface area contributed by atoms with Crippen molar-refractivity contribution >= 4 is 22.8 Å². The molecule has 0 saturated carbocycles. The third kappa shape index (κ3) is 4.24. The minimum Gasteiger partial charge on any atom is -0.460 e. The zero-order chi connectivity index (χ0) is 20.9. The highest BCUT2D eigenvalue weighted by molar-refractivity contribution is 5.85. The van der Waals surface area contributed by atoms with Gasteiger partial charge in [-0.3, -0.25) is 4.79 Å². The highest BCUT2D eigenvalue weighted by atomic mass is 16.5. The summed E-state index contributed by atoms with van der Waals surface area (Å²) in [6.07, 6.45) is 1.65. The maximum atomic E-state index is 12.8. The van der Waals surface area contributed by atoms with E-state index >= 15 is 0 Å².